The van der Waals surface area contributed by atoms with Crippen LogP contribution in [0.25, 0.3) is 11.0 Å². The minimum Gasteiger partial charge on any atom is -0.433 e. The van der Waals surface area contributed by atoms with E-state index in [0.29, 0.717) is 23.0 Å². The lowest BCUT2D eigenvalue weighted by atomic mass is 9.90. The number of carbonyl (C=O) groups is 3. The molecular weight excluding hydrogens is 545 g/mol. The number of ether oxygens (including phenoxy) is 2. The second kappa shape index (κ2) is 14.8. The molecule has 0 saturated carbocycles. The van der Waals surface area contributed by atoms with Gasteiger partial charge in [0.25, 0.3) is 5.91 Å². The third-order valence-corrected chi connectivity index (χ3v) is 6.60. The van der Waals surface area contributed by atoms with Crippen LogP contribution < -0.4 is 16.8 Å². The van der Waals surface area contributed by atoms with Gasteiger partial charge in [0.2, 0.25) is 11.7 Å². The number of para-hydroxylation sites is 2. The van der Waals surface area contributed by atoms with Crippen molar-refractivity contribution in [3.8, 4) is 0 Å². The fourth-order valence-corrected chi connectivity index (χ4v) is 4.35. The Morgan fingerprint density at radius 1 is 1.12 bits per heavy atom. The van der Waals surface area contributed by atoms with Gasteiger partial charge >= 0.3 is 5.97 Å². The van der Waals surface area contributed by atoms with Crippen molar-refractivity contribution < 1.29 is 33.4 Å². The molecular formula is C30H38FN5O6. The number of nitrogens with two attached hydrogens (primary N) is 2. The number of primary amides is 1. The molecule has 42 heavy (non-hydrogen) atoms. The van der Waals surface area contributed by atoms with Crippen LogP contribution in [0, 0.1) is 11.7 Å². The first-order valence-corrected chi connectivity index (χ1v) is 13.7. The molecule has 0 aliphatic heterocycles. The molecule has 0 radical (unpaired) electrons. The Morgan fingerprint density at radius 2 is 1.83 bits per heavy atom. The monoisotopic (exact) mass is 583 g/mol. The Balaban J connectivity index is 1.68. The Kier molecular flexibility index (Phi) is 11.4. The van der Waals surface area contributed by atoms with Crippen LogP contribution in [0.5, 0.6) is 0 Å². The maximum Gasteiger partial charge on any atom is 0.325 e. The zero-order valence-corrected chi connectivity index (χ0v) is 24.0. The summed E-state index contributed by atoms with van der Waals surface area (Å²) in [5, 5.41) is 14.0. The number of aliphatic hydroxyl groups excluding tert-OH is 1. The molecule has 0 aliphatic rings. The summed E-state index contributed by atoms with van der Waals surface area (Å²) in [5.74, 6) is -4.27. The van der Waals surface area contributed by atoms with Gasteiger partial charge in [-0.05, 0) is 62.4 Å². The molecule has 1 aromatic heterocycles. The van der Waals surface area contributed by atoms with Crippen LogP contribution in [0.15, 0.2) is 54.7 Å². The average molecular weight is 584 g/mol. The van der Waals surface area contributed by atoms with Crippen LogP contribution in [-0.2, 0) is 25.5 Å². The number of fused-ring (bicyclic) bond motifs is 1. The zero-order valence-electron chi connectivity index (χ0n) is 24.0. The van der Waals surface area contributed by atoms with E-state index in [1.807, 2.05) is 0 Å². The first-order chi connectivity index (χ1) is 19.8. The number of carbonyl (C=O) groups excluding carboxylic acids is 3. The molecule has 226 valence electrons. The van der Waals surface area contributed by atoms with Gasteiger partial charge in [0.05, 0.1) is 36.0 Å². The van der Waals surface area contributed by atoms with E-state index in [2.05, 4.69) is 15.3 Å². The van der Waals surface area contributed by atoms with Crippen molar-refractivity contribution in [2.45, 2.75) is 70.4 Å². The second-order valence-corrected chi connectivity index (χ2v) is 10.7. The first kappa shape index (κ1) is 32.5. The number of halogens is 1. The van der Waals surface area contributed by atoms with Crippen LogP contribution in [-0.4, -0.2) is 63.4 Å². The molecule has 6 N–H and O–H groups in total. The van der Waals surface area contributed by atoms with Gasteiger partial charge in [-0.1, -0.05) is 24.3 Å². The molecule has 0 fully saturated rings. The molecule has 0 bridgehead atoms. The van der Waals surface area contributed by atoms with E-state index in [1.165, 1.54) is 31.3 Å². The van der Waals surface area contributed by atoms with Crippen molar-refractivity contribution in [2.75, 3.05) is 6.61 Å². The highest BCUT2D eigenvalue weighted by atomic mass is 19.1. The summed E-state index contributed by atoms with van der Waals surface area (Å²) >= 11 is 0. The van der Waals surface area contributed by atoms with Crippen molar-refractivity contribution >= 4 is 28.8 Å². The van der Waals surface area contributed by atoms with Gasteiger partial charge < -0.3 is 31.4 Å². The molecule has 3 aromatic rings. The summed E-state index contributed by atoms with van der Waals surface area (Å²) in [5.41, 5.74) is 12.9. The maximum absolute atomic E-state index is 13.9. The predicted molar refractivity (Wildman–Crippen MR) is 153 cm³/mol. The van der Waals surface area contributed by atoms with Gasteiger partial charge in [0.15, 0.2) is 0 Å². The first-order valence-electron chi connectivity index (χ1n) is 13.7. The van der Waals surface area contributed by atoms with Gasteiger partial charge in [-0.25, -0.2) is 9.37 Å². The van der Waals surface area contributed by atoms with Crippen molar-refractivity contribution in [1.82, 2.24) is 15.3 Å². The van der Waals surface area contributed by atoms with Crippen LogP contribution in [0.4, 0.5) is 4.39 Å². The quantitative estimate of drug-likeness (QED) is 0.119. The Morgan fingerprint density at radius 3 is 2.50 bits per heavy atom. The summed E-state index contributed by atoms with van der Waals surface area (Å²) in [4.78, 5) is 45.8. The highest BCUT2D eigenvalue weighted by Crippen LogP contribution is 2.20. The lowest BCUT2D eigenvalue weighted by molar-refractivity contribution is -0.216. The van der Waals surface area contributed by atoms with E-state index in [-0.39, 0.29) is 31.6 Å². The van der Waals surface area contributed by atoms with Gasteiger partial charge in [-0.2, -0.15) is 0 Å². The molecule has 0 aliphatic carbocycles. The van der Waals surface area contributed by atoms with Crippen molar-refractivity contribution in [3.63, 3.8) is 0 Å². The summed E-state index contributed by atoms with van der Waals surface area (Å²) in [6, 6.07) is 11.2. The lowest BCUT2D eigenvalue weighted by Crippen LogP contribution is -2.46. The number of benzene rings is 2. The van der Waals surface area contributed by atoms with Crippen molar-refractivity contribution in [2.24, 2.45) is 17.4 Å². The lowest BCUT2D eigenvalue weighted by Gasteiger charge is -2.28. The van der Waals surface area contributed by atoms with Gasteiger partial charge in [0.1, 0.15) is 17.6 Å². The van der Waals surface area contributed by atoms with E-state index in [9.17, 15) is 23.9 Å². The minimum absolute atomic E-state index is 0.0427. The molecule has 12 heteroatoms. The van der Waals surface area contributed by atoms with Gasteiger partial charge in [-0.3, -0.25) is 19.4 Å². The van der Waals surface area contributed by atoms with Crippen molar-refractivity contribution in [3.05, 3.63) is 71.8 Å². The third-order valence-electron chi connectivity index (χ3n) is 6.60. The number of aliphatic hydroxyl groups is 1. The second-order valence-electron chi connectivity index (χ2n) is 10.7. The van der Waals surface area contributed by atoms with Crippen LogP contribution in [0.1, 0.15) is 56.1 Å². The third kappa shape index (κ3) is 9.82. The SMILES string of the molecule is C[C@H](N)C(=O)OC(C)(C)OCCC[C@H](C[C@H](O)[C@H](Cc1cccc(F)c1)NC(=O)c1cnc2ccccc2n1)C(N)=O. The number of aromatic nitrogens is 2. The van der Waals surface area contributed by atoms with Crippen molar-refractivity contribution in [1.29, 1.82) is 0 Å². The Bertz CT molecular complexity index is 1390. The molecule has 0 saturated heterocycles. The van der Waals surface area contributed by atoms with E-state index in [0.717, 1.165) is 0 Å². The van der Waals surface area contributed by atoms with E-state index in [1.54, 1.807) is 44.2 Å². The number of nitrogens with zero attached hydrogens (tertiary/aromatic N) is 2. The van der Waals surface area contributed by atoms with E-state index in [4.69, 9.17) is 20.9 Å². The number of amides is 2. The highest BCUT2D eigenvalue weighted by molar-refractivity contribution is 5.94. The average Bonchev–Trinajstić information content (AvgIpc) is 2.93. The molecule has 3 rings (SSSR count). The zero-order chi connectivity index (χ0) is 30.9. The number of rotatable bonds is 15. The highest BCUT2D eigenvalue weighted by Gasteiger charge is 2.29. The summed E-state index contributed by atoms with van der Waals surface area (Å²) in [7, 11) is 0. The Hall–Kier alpha value is -4.00. The van der Waals surface area contributed by atoms with Gasteiger partial charge in [-0.15, -0.1) is 0 Å². The molecule has 4 atom stereocenters. The molecule has 0 spiro atoms. The summed E-state index contributed by atoms with van der Waals surface area (Å²) < 4.78 is 24.8. The topological polar surface area (TPSA) is 180 Å². The molecule has 1 heterocycles. The standard InChI is InChI=1S/C30H38FN5O6/c1-18(32)29(40)42-30(2,3)41-13-7-9-20(27(33)38)16-26(37)24(15-19-8-6-10-21(31)14-19)36-28(39)25-17-34-22-11-4-5-12-23(22)35-25/h4-6,8,10-12,14,17-18,20,24,26,37H,7,9,13,15-16,32H2,1-3H3,(H2,33,38)(H,36,39)/t18-,20+,24-,26-/m0/s1. The fraction of sp³-hybridized carbons (Fsp3) is 0.433. The van der Waals surface area contributed by atoms with Crippen LogP contribution in [0.3, 0.4) is 0 Å². The molecule has 11 nitrogen and oxygen atoms in total. The normalized spacial score (nSPS) is 14.5. The maximum atomic E-state index is 13.9. The van der Waals surface area contributed by atoms with Crippen LogP contribution in [0.2, 0.25) is 0 Å². The largest absolute Gasteiger partial charge is 0.433 e. The molecule has 2 amide bonds. The number of hydrogen-bond donors (Lipinski definition) is 4. The van der Waals surface area contributed by atoms with E-state index < -0.39 is 53.5 Å². The molecule has 0 unspecified atom stereocenters. The summed E-state index contributed by atoms with van der Waals surface area (Å²) in [6.45, 7) is 4.79. The fourth-order valence-electron chi connectivity index (χ4n) is 4.35. The minimum atomic E-state index is -1.22. The molecule has 2 aromatic carbocycles. The summed E-state index contributed by atoms with van der Waals surface area (Å²) in [6.07, 6.45) is 0.768. The predicted octanol–water partition coefficient (Wildman–Crippen LogP) is 2.39. The Labute approximate surface area is 243 Å². The van der Waals surface area contributed by atoms with Gasteiger partial charge in [0, 0.05) is 19.8 Å². The number of nitrogens with one attached hydrogen (secondary N) is 1. The number of esters is 1. The smallest absolute Gasteiger partial charge is 0.325 e. The number of hydrogen-bond acceptors (Lipinski definition) is 9. The van der Waals surface area contributed by atoms with Crippen LogP contribution >= 0.6 is 0 Å². The van der Waals surface area contributed by atoms with E-state index >= 15 is 0 Å².